The maximum Gasteiger partial charge on any atom is 0.222 e. The summed E-state index contributed by atoms with van der Waals surface area (Å²) in [5.41, 5.74) is 0.987. The van der Waals surface area contributed by atoms with E-state index in [0.29, 0.717) is 9.92 Å². The number of unbranched alkanes of at least 4 members (excludes halogenated alkanes) is 2. The highest BCUT2D eigenvalue weighted by atomic mass is 127. The van der Waals surface area contributed by atoms with E-state index >= 15 is 0 Å². The van der Waals surface area contributed by atoms with Crippen molar-refractivity contribution in [3.05, 3.63) is 60.7 Å². The van der Waals surface area contributed by atoms with Gasteiger partial charge in [0, 0.05) is 17.4 Å². The Balaban J connectivity index is 2.06. The minimum Gasteiger partial charge on any atom is -0.331 e. The predicted molar refractivity (Wildman–Crippen MR) is 107 cm³/mol. The van der Waals surface area contributed by atoms with Crippen LogP contribution in [0.15, 0.2) is 70.6 Å². The molecule has 0 bridgehead atoms. The van der Waals surface area contributed by atoms with Crippen LogP contribution < -0.4 is 0 Å². The number of hydrogen-bond donors (Lipinski definition) is 0. The molecule has 24 heavy (non-hydrogen) atoms. The first-order valence-corrected chi connectivity index (χ1v) is 11.1. The molecule has 0 amide bonds. The Morgan fingerprint density at radius 3 is 2.33 bits per heavy atom. The minimum absolute atomic E-state index is 0.348. The van der Waals surface area contributed by atoms with Crippen molar-refractivity contribution in [2.75, 3.05) is 4.43 Å². The molecule has 0 spiro atoms. The van der Waals surface area contributed by atoms with E-state index in [0.717, 1.165) is 34.7 Å². The molecule has 0 aliphatic carbocycles. The lowest BCUT2D eigenvalue weighted by molar-refractivity contribution is 0.557. The molecule has 3 rings (SSSR count). The molecule has 0 saturated carbocycles. The van der Waals surface area contributed by atoms with E-state index < -0.39 is 9.84 Å². The summed E-state index contributed by atoms with van der Waals surface area (Å²) in [6.45, 7) is 0.728. The van der Waals surface area contributed by atoms with Gasteiger partial charge in [0.05, 0.1) is 4.90 Å². The van der Waals surface area contributed by atoms with Crippen LogP contribution in [0.25, 0.3) is 10.9 Å². The zero-order chi connectivity index (χ0) is 17.0. The van der Waals surface area contributed by atoms with Gasteiger partial charge in [-0.15, -0.1) is 0 Å². The number of halogens is 1. The van der Waals surface area contributed by atoms with Crippen molar-refractivity contribution in [3.8, 4) is 0 Å². The number of alkyl halides is 1. The molecule has 0 fully saturated rings. The molecule has 0 atom stereocenters. The van der Waals surface area contributed by atoms with E-state index in [2.05, 4.69) is 22.6 Å². The Kier molecular flexibility index (Phi) is 5.61. The average molecular weight is 453 g/mol. The molecule has 0 aliphatic rings. The molecule has 126 valence electrons. The fourth-order valence-electron chi connectivity index (χ4n) is 2.90. The molecule has 0 saturated heterocycles. The number of benzene rings is 2. The molecule has 3 nitrogen and oxygen atoms in total. The van der Waals surface area contributed by atoms with E-state index in [1.807, 2.05) is 34.9 Å². The van der Waals surface area contributed by atoms with Crippen molar-refractivity contribution in [2.45, 2.75) is 35.7 Å². The van der Waals surface area contributed by atoms with Gasteiger partial charge in [-0.25, -0.2) is 8.42 Å². The molecule has 0 radical (unpaired) electrons. The van der Waals surface area contributed by atoms with Gasteiger partial charge < -0.3 is 4.57 Å². The zero-order valence-electron chi connectivity index (χ0n) is 13.4. The second-order valence-corrected chi connectivity index (χ2v) is 8.73. The number of sulfone groups is 1. The first-order chi connectivity index (χ1) is 11.6. The van der Waals surface area contributed by atoms with Gasteiger partial charge in [-0.05, 0) is 41.5 Å². The monoisotopic (exact) mass is 453 g/mol. The fourth-order valence-corrected chi connectivity index (χ4v) is 4.96. The van der Waals surface area contributed by atoms with Crippen LogP contribution in [0.2, 0.25) is 0 Å². The summed E-state index contributed by atoms with van der Waals surface area (Å²) >= 11 is 2.38. The quantitative estimate of drug-likeness (QED) is 0.284. The second-order valence-electron chi connectivity index (χ2n) is 5.76. The van der Waals surface area contributed by atoms with Crippen molar-refractivity contribution in [1.29, 1.82) is 0 Å². The van der Waals surface area contributed by atoms with Gasteiger partial charge in [0.2, 0.25) is 9.84 Å². The minimum atomic E-state index is -3.51. The average Bonchev–Trinajstić information content (AvgIpc) is 2.99. The maximum absolute atomic E-state index is 13.1. The summed E-state index contributed by atoms with van der Waals surface area (Å²) in [5, 5.41) is 1.37. The van der Waals surface area contributed by atoms with E-state index in [4.69, 9.17) is 0 Å². The third-order valence-electron chi connectivity index (χ3n) is 4.12. The van der Waals surface area contributed by atoms with Crippen LogP contribution in [0.3, 0.4) is 0 Å². The third-order valence-corrected chi connectivity index (χ3v) is 6.66. The normalized spacial score (nSPS) is 11.9. The molecule has 2 aromatic carbocycles. The molecular formula is C19H20INO2S. The van der Waals surface area contributed by atoms with Crippen LogP contribution >= 0.6 is 22.6 Å². The topological polar surface area (TPSA) is 39.1 Å². The van der Waals surface area contributed by atoms with Gasteiger partial charge >= 0.3 is 0 Å². The summed E-state index contributed by atoms with van der Waals surface area (Å²) in [4.78, 5) is 0.348. The number of aryl methyl sites for hydroxylation is 1. The molecule has 0 N–H and O–H groups in total. The van der Waals surface area contributed by atoms with Gasteiger partial charge in [-0.2, -0.15) is 0 Å². The lowest BCUT2D eigenvalue weighted by atomic mass is 10.2. The van der Waals surface area contributed by atoms with Gasteiger partial charge in [0.1, 0.15) is 5.03 Å². The van der Waals surface area contributed by atoms with Crippen molar-refractivity contribution in [1.82, 2.24) is 4.57 Å². The van der Waals surface area contributed by atoms with Crippen molar-refractivity contribution < 1.29 is 8.42 Å². The summed E-state index contributed by atoms with van der Waals surface area (Å²) < 4.78 is 29.3. The molecule has 0 aliphatic heterocycles. The van der Waals surface area contributed by atoms with Crippen LogP contribution in [-0.2, 0) is 16.4 Å². The first kappa shape index (κ1) is 17.5. The number of hydrogen-bond acceptors (Lipinski definition) is 2. The smallest absolute Gasteiger partial charge is 0.222 e. The van der Waals surface area contributed by atoms with Gasteiger partial charge in [0.15, 0.2) is 0 Å². The lowest BCUT2D eigenvalue weighted by Crippen LogP contribution is -2.10. The Morgan fingerprint density at radius 1 is 0.875 bits per heavy atom. The summed E-state index contributed by atoms with van der Waals surface area (Å²) in [7, 11) is -3.51. The maximum atomic E-state index is 13.1. The highest BCUT2D eigenvalue weighted by molar-refractivity contribution is 14.1. The summed E-state index contributed by atoms with van der Waals surface area (Å²) in [6.07, 6.45) is 3.26. The lowest BCUT2D eigenvalue weighted by Gasteiger charge is -2.11. The third kappa shape index (κ3) is 3.52. The van der Waals surface area contributed by atoms with Gasteiger partial charge in [-0.1, -0.05) is 65.4 Å². The molecule has 3 aromatic rings. The molecule has 1 aromatic heterocycles. The first-order valence-electron chi connectivity index (χ1n) is 8.09. The Bertz CT molecular complexity index is 917. The number of fused-ring (bicyclic) bond motifs is 1. The Morgan fingerprint density at radius 2 is 1.58 bits per heavy atom. The largest absolute Gasteiger partial charge is 0.331 e. The highest BCUT2D eigenvalue weighted by Crippen LogP contribution is 2.28. The fraction of sp³-hybridized carbons (Fsp3) is 0.263. The van der Waals surface area contributed by atoms with Crippen LogP contribution in [0.4, 0.5) is 0 Å². The molecule has 1 heterocycles. The standard InChI is InChI=1S/C19H20INO2S/c20-13-7-2-8-14-21-18-12-6-5-9-16(18)15-19(21)24(22,23)17-10-3-1-4-11-17/h1,3-6,9-12,15H,2,7-8,13-14H2. The summed E-state index contributed by atoms with van der Waals surface area (Å²) in [5.74, 6) is 0. The van der Waals surface area contributed by atoms with Crippen LogP contribution in [0.5, 0.6) is 0 Å². The van der Waals surface area contributed by atoms with Crippen LogP contribution in [0, 0.1) is 0 Å². The van der Waals surface area contributed by atoms with Gasteiger partial charge in [-0.3, -0.25) is 0 Å². The van der Waals surface area contributed by atoms with Crippen molar-refractivity contribution in [2.24, 2.45) is 0 Å². The number of rotatable bonds is 7. The van der Waals surface area contributed by atoms with E-state index in [9.17, 15) is 8.42 Å². The van der Waals surface area contributed by atoms with E-state index in [-0.39, 0.29) is 0 Å². The van der Waals surface area contributed by atoms with Gasteiger partial charge in [0.25, 0.3) is 0 Å². The Hall–Kier alpha value is -1.34. The predicted octanol–water partition coefficient (Wildman–Crippen LogP) is 5.08. The number of para-hydroxylation sites is 1. The number of aromatic nitrogens is 1. The highest BCUT2D eigenvalue weighted by Gasteiger charge is 2.23. The molecular weight excluding hydrogens is 433 g/mol. The molecule has 0 unspecified atom stereocenters. The summed E-state index contributed by atoms with van der Waals surface area (Å²) in [6, 6.07) is 18.4. The van der Waals surface area contributed by atoms with Crippen LogP contribution in [-0.4, -0.2) is 17.4 Å². The Labute approximate surface area is 156 Å². The van der Waals surface area contributed by atoms with E-state index in [1.165, 1.54) is 6.42 Å². The van der Waals surface area contributed by atoms with Crippen molar-refractivity contribution >= 4 is 43.3 Å². The van der Waals surface area contributed by atoms with Crippen molar-refractivity contribution in [3.63, 3.8) is 0 Å². The zero-order valence-corrected chi connectivity index (χ0v) is 16.3. The molecule has 5 heteroatoms. The number of nitrogens with zero attached hydrogens (tertiary/aromatic N) is 1. The van der Waals surface area contributed by atoms with E-state index in [1.54, 1.807) is 30.3 Å². The SMILES string of the molecule is O=S(=O)(c1ccccc1)c1cc2ccccc2n1CCCCCI. The van der Waals surface area contributed by atoms with Crippen LogP contribution in [0.1, 0.15) is 19.3 Å². The second kappa shape index (κ2) is 7.70.